The zero-order chi connectivity index (χ0) is 11.1. The lowest BCUT2D eigenvalue weighted by Crippen LogP contribution is -2.41. The van der Waals surface area contributed by atoms with Crippen LogP contribution in [0.3, 0.4) is 0 Å². The number of anilines is 1. The molecule has 2 nitrogen and oxygen atoms in total. The summed E-state index contributed by atoms with van der Waals surface area (Å²) in [5.41, 5.74) is 2.41. The smallest absolute Gasteiger partial charge is 0.0792 e. The second kappa shape index (κ2) is 3.53. The van der Waals surface area contributed by atoms with Crippen LogP contribution in [0.4, 0.5) is 5.69 Å². The van der Waals surface area contributed by atoms with Gasteiger partial charge in [0.15, 0.2) is 0 Å². The molecule has 1 aliphatic rings. The van der Waals surface area contributed by atoms with Gasteiger partial charge in [-0.1, -0.05) is 39.0 Å². The molecule has 2 N–H and O–H groups in total. The van der Waals surface area contributed by atoms with Gasteiger partial charge in [-0.2, -0.15) is 0 Å². The average molecular weight is 205 g/mol. The Labute approximate surface area is 91.3 Å². The van der Waals surface area contributed by atoms with E-state index in [1.165, 1.54) is 11.3 Å². The Hall–Kier alpha value is -1.02. The lowest BCUT2D eigenvalue weighted by atomic mass is 9.84. The Kier molecular flexibility index (Phi) is 2.47. The number of rotatable bonds is 1. The van der Waals surface area contributed by atoms with Crippen molar-refractivity contribution in [2.45, 2.75) is 39.3 Å². The maximum Gasteiger partial charge on any atom is 0.0792 e. The van der Waals surface area contributed by atoms with E-state index < -0.39 is 0 Å². The van der Waals surface area contributed by atoms with Gasteiger partial charge in [-0.15, -0.1) is 0 Å². The molecule has 0 fully saturated rings. The van der Waals surface area contributed by atoms with E-state index in [-0.39, 0.29) is 17.6 Å². The van der Waals surface area contributed by atoms with Crippen LogP contribution in [0.5, 0.6) is 0 Å². The third kappa shape index (κ3) is 2.00. The van der Waals surface area contributed by atoms with E-state index in [0.29, 0.717) is 0 Å². The first kappa shape index (κ1) is 10.5. The number of nitrogens with one attached hydrogen (secondary N) is 1. The summed E-state index contributed by atoms with van der Waals surface area (Å²) in [6.45, 7) is 6.22. The van der Waals surface area contributed by atoms with E-state index in [9.17, 15) is 5.11 Å². The Morgan fingerprint density at radius 1 is 1.33 bits per heavy atom. The number of para-hydroxylation sites is 1. The molecule has 0 saturated heterocycles. The van der Waals surface area contributed by atoms with Gasteiger partial charge >= 0.3 is 0 Å². The van der Waals surface area contributed by atoms with E-state index in [1.807, 2.05) is 12.1 Å². The number of hydrogen-bond donors (Lipinski definition) is 2. The van der Waals surface area contributed by atoms with E-state index in [4.69, 9.17) is 0 Å². The molecule has 0 aliphatic carbocycles. The van der Waals surface area contributed by atoms with Gasteiger partial charge in [0.05, 0.1) is 12.1 Å². The highest BCUT2D eigenvalue weighted by Gasteiger charge is 2.33. The van der Waals surface area contributed by atoms with Crippen LogP contribution in [0.25, 0.3) is 0 Å². The molecule has 0 spiro atoms. The topological polar surface area (TPSA) is 32.3 Å². The molecule has 2 rings (SSSR count). The number of aliphatic hydroxyl groups excluding tert-OH is 1. The van der Waals surface area contributed by atoms with Gasteiger partial charge in [-0.25, -0.2) is 0 Å². The van der Waals surface area contributed by atoms with Crippen molar-refractivity contribution in [3.05, 3.63) is 29.8 Å². The highest BCUT2D eigenvalue weighted by atomic mass is 16.3. The zero-order valence-electron chi connectivity index (χ0n) is 9.62. The van der Waals surface area contributed by atoms with Gasteiger partial charge in [-0.05, 0) is 23.5 Å². The summed E-state index contributed by atoms with van der Waals surface area (Å²) in [7, 11) is 0. The van der Waals surface area contributed by atoms with Crippen molar-refractivity contribution >= 4 is 5.69 Å². The number of benzene rings is 1. The molecule has 1 aliphatic heterocycles. The number of aliphatic hydroxyl groups is 1. The van der Waals surface area contributed by atoms with Crippen molar-refractivity contribution in [3.63, 3.8) is 0 Å². The molecule has 0 unspecified atom stereocenters. The summed E-state index contributed by atoms with van der Waals surface area (Å²) in [6, 6.07) is 8.43. The van der Waals surface area contributed by atoms with Gasteiger partial charge in [0.2, 0.25) is 0 Å². The molecular weight excluding hydrogens is 186 g/mol. The number of hydrogen-bond acceptors (Lipinski definition) is 2. The lowest BCUT2D eigenvalue weighted by Gasteiger charge is -2.31. The minimum absolute atomic E-state index is 0.0697. The fourth-order valence-electron chi connectivity index (χ4n) is 2.12. The predicted molar refractivity (Wildman–Crippen MR) is 63.0 cm³/mol. The Morgan fingerprint density at radius 3 is 2.60 bits per heavy atom. The molecule has 1 aromatic rings. The molecule has 1 aromatic carbocycles. The molecule has 0 amide bonds. The van der Waals surface area contributed by atoms with Crippen LogP contribution >= 0.6 is 0 Å². The normalized spacial score (nSPS) is 22.0. The molecule has 1 heterocycles. The molecule has 0 radical (unpaired) electrons. The minimum Gasteiger partial charge on any atom is -0.390 e. The third-order valence-corrected chi connectivity index (χ3v) is 3.07. The fraction of sp³-hybridized carbons (Fsp3) is 0.538. The minimum atomic E-state index is -0.315. The number of fused-ring (bicyclic) bond motifs is 1. The van der Waals surface area contributed by atoms with Crippen LogP contribution in [-0.2, 0) is 6.42 Å². The van der Waals surface area contributed by atoms with Crippen LogP contribution in [0.15, 0.2) is 24.3 Å². The highest BCUT2D eigenvalue weighted by molar-refractivity contribution is 5.56. The Morgan fingerprint density at radius 2 is 2.00 bits per heavy atom. The van der Waals surface area contributed by atoms with Crippen LogP contribution in [0, 0.1) is 5.41 Å². The molecule has 0 bridgehead atoms. The molecular formula is C13H19NO. The maximum atomic E-state index is 10.2. The van der Waals surface area contributed by atoms with Crippen molar-refractivity contribution in [2.24, 2.45) is 5.41 Å². The third-order valence-electron chi connectivity index (χ3n) is 3.07. The quantitative estimate of drug-likeness (QED) is 0.738. The van der Waals surface area contributed by atoms with Crippen molar-refractivity contribution in [3.8, 4) is 0 Å². The highest BCUT2D eigenvalue weighted by Crippen LogP contribution is 2.32. The summed E-state index contributed by atoms with van der Waals surface area (Å²) < 4.78 is 0. The van der Waals surface area contributed by atoms with E-state index in [1.54, 1.807) is 0 Å². The molecule has 2 atom stereocenters. The van der Waals surface area contributed by atoms with Crippen molar-refractivity contribution in [2.75, 3.05) is 5.32 Å². The first-order chi connectivity index (χ1) is 6.98. The van der Waals surface area contributed by atoms with E-state index in [2.05, 4.69) is 38.2 Å². The second-order valence-corrected chi connectivity index (χ2v) is 5.42. The molecule has 2 heteroatoms. The SMILES string of the molecule is CC(C)(C)[C@H](O)[C@H]1Cc2ccccc2N1. The van der Waals surface area contributed by atoms with Crippen LogP contribution < -0.4 is 5.32 Å². The first-order valence-corrected chi connectivity index (χ1v) is 5.51. The van der Waals surface area contributed by atoms with Gasteiger partial charge in [-0.3, -0.25) is 0 Å². The summed E-state index contributed by atoms with van der Waals surface area (Å²) in [4.78, 5) is 0. The molecule has 0 aromatic heterocycles. The van der Waals surface area contributed by atoms with Gasteiger partial charge in [0, 0.05) is 5.69 Å². The summed E-state index contributed by atoms with van der Waals surface area (Å²) in [6.07, 6.45) is 0.610. The summed E-state index contributed by atoms with van der Waals surface area (Å²) in [5.74, 6) is 0. The standard InChI is InChI=1S/C13H19NO/c1-13(2,3)12(15)11-8-9-6-4-5-7-10(9)14-11/h4-7,11-12,14-15H,8H2,1-3H3/t11-,12-/m1/s1. The van der Waals surface area contributed by atoms with Gasteiger partial charge in [0.25, 0.3) is 0 Å². The summed E-state index contributed by atoms with van der Waals surface area (Å²) >= 11 is 0. The lowest BCUT2D eigenvalue weighted by molar-refractivity contribution is 0.0480. The van der Waals surface area contributed by atoms with Crippen LogP contribution in [0.1, 0.15) is 26.3 Å². The van der Waals surface area contributed by atoms with Crippen molar-refractivity contribution < 1.29 is 5.11 Å². The van der Waals surface area contributed by atoms with Crippen LogP contribution in [0.2, 0.25) is 0 Å². The average Bonchev–Trinajstić information content (AvgIpc) is 2.58. The van der Waals surface area contributed by atoms with Crippen molar-refractivity contribution in [1.29, 1.82) is 0 Å². The molecule has 15 heavy (non-hydrogen) atoms. The maximum absolute atomic E-state index is 10.2. The van der Waals surface area contributed by atoms with E-state index in [0.717, 1.165) is 6.42 Å². The Bertz CT molecular complexity index is 329. The Balaban J connectivity index is 2.14. The largest absolute Gasteiger partial charge is 0.390 e. The molecule has 0 saturated carbocycles. The first-order valence-electron chi connectivity index (χ1n) is 5.51. The molecule has 82 valence electrons. The van der Waals surface area contributed by atoms with Crippen molar-refractivity contribution in [1.82, 2.24) is 0 Å². The monoisotopic (exact) mass is 205 g/mol. The van der Waals surface area contributed by atoms with E-state index >= 15 is 0 Å². The fourth-order valence-corrected chi connectivity index (χ4v) is 2.12. The summed E-state index contributed by atoms with van der Waals surface area (Å²) in [5, 5.41) is 13.6. The zero-order valence-corrected chi connectivity index (χ0v) is 9.62. The van der Waals surface area contributed by atoms with Gasteiger partial charge in [0.1, 0.15) is 0 Å². The predicted octanol–water partition coefficient (Wildman–Crippen LogP) is 2.43. The second-order valence-electron chi connectivity index (χ2n) is 5.42. The van der Waals surface area contributed by atoms with Gasteiger partial charge < -0.3 is 10.4 Å². The van der Waals surface area contributed by atoms with Crippen LogP contribution in [-0.4, -0.2) is 17.3 Å².